The number of benzene rings is 1. The van der Waals surface area contributed by atoms with E-state index in [9.17, 15) is 4.79 Å². The minimum Gasteiger partial charge on any atom is -0.396 e. The molecule has 100 valence electrons. The van der Waals surface area contributed by atoms with Crippen LogP contribution in [-0.4, -0.2) is 42.2 Å². The molecule has 0 radical (unpaired) electrons. The number of nitrogens with two attached hydrogens (primary N) is 1. The molecule has 1 amide bonds. The average molecular weight is 250 g/mol. The minimum atomic E-state index is 0.0187. The second-order valence-electron chi connectivity index (χ2n) is 4.20. The van der Waals surface area contributed by atoms with Crippen LogP contribution >= 0.6 is 0 Å². The van der Waals surface area contributed by atoms with Gasteiger partial charge in [-0.2, -0.15) is 0 Å². The molecule has 1 rings (SSSR count). The zero-order valence-corrected chi connectivity index (χ0v) is 10.9. The molecule has 1 aromatic carbocycles. The Kier molecular flexibility index (Phi) is 6.39. The number of aliphatic hydroxyl groups excluding tert-OH is 1. The van der Waals surface area contributed by atoms with Gasteiger partial charge in [0, 0.05) is 25.3 Å². The van der Waals surface area contributed by atoms with Crippen LogP contribution in [0.1, 0.15) is 29.3 Å². The second-order valence-corrected chi connectivity index (χ2v) is 4.20. The highest BCUT2D eigenvalue weighted by Gasteiger charge is 2.13. The number of rotatable bonds is 7. The number of aliphatic hydroxyl groups is 1. The topological polar surface area (TPSA) is 66.6 Å². The Balaban J connectivity index is 2.69. The van der Waals surface area contributed by atoms with Crippen LogP contribution in [0.25, 0.3) is 0 Å². The van der Waals surface area contributed by atoms with Crippen molar-refractivity contribution in [3.63, 3.8) is 0 Å². The maximum absolute atomic E-state index is 12.2. The van der Waals surface area contributed by atoms with Crippen LogP contribution in [0.4, 0.5) is 0 Å². The summed E-state index contributed by atoms with van der Waals surface area (Å²) in [5, 5.41) is 8.81. The SMILES string of the molecule is CCN(CCCO)C(=O)c1ccc(CCN)cc1. The molecule has 0 saturated heterocycles. The normalized spacial score (nSPS) is 10.4. The minimum absolute atomic E-state index is 0.0187. The Morgan fingerprint density at radius 2 is 2.00 bits per heavy atom. The first kappa shape index (κ1) is 14.7. The highest BCUT2D eigenvalue weighted by molar-refractivity contribution is 5.94. The van der Waals surface area contributed by atoms with E-state index in [1.54, 1.807) is 4.90 Å². The lowest BCUT2D eigenvalue weighted by atomic mass is 10.1. The predicted octanol–water partition coefficient (Wildman–Crippen LogP) is 1.03. The van der Waals surface area contributed by atoms with E-state index >= 15 is 0 Å². The Labute approximate surface area is 108 Å². The lowest BCUT2D eigenvalue weighted by Gasteiger charge is -2.20. The molecule has 0 fully saturated rings. The number of carbonyl (C=O) groups excluding carboxylic acids is 1. The summed E-state index contributed by atoms with van der Waals surface area (Å²) in [7, 11) is 0. The molecular formula is C14H22N2O2. The lowest BCUT2D eigenvalue weighted by molar-refractivity contribution is 0.0754. The highest BCUT2D eigenvalue weighted by atomic mass is 16.3. The summed E-state index contributed by atoms with van der Waals surface area (Å²) >= 11 is 0. The van der Waals surface area contributed by atoms with Gasteiger partial charge >= 0.3 is 0 Å². The first-order valence-corrected chi connectivity index (χ1v) is 6.42. The largest absolute Gasteiger partial charge is 0.396 e. The van der Waals surface area contributed by atoms with Crippen molar-refractivity contribution in [2.24, 2.45) is 5.73 Å². The molecule has 0 bridgehead atoms. The summed E-state index contributed by atoms with van der Waals surface area (Å²) in [6.07, 6.45) is 1.45. The summed E-state index contributed by atoms with van der Waals surface area (Å²) in [5.74, 6) is 0.0187. The molecule has 0 atom stereocenters. The van der Waals surface area contributed by atoms with Gasteiger partial charge in [0.25, 0.3) is 5.91 Å². The van der Waals surface area contributed by atoms with E-state index in [-0.39, 0.29) is 12.5 Å². The van der Waals surface area contributed by atoms with E-state index in [0.29, 0.717) is 31.6 Å². The van der Waals surface area contributed by atoms with E-state index in [2.05, 4.69) is 0 Å². The number of amides is 1. The maximum Gasteiger partial charge on any atom is 0.253 e. The number of nitrogens with zero attached hydrogens (tertiary/aromatic N) is 1. The third-order valence-electron chi connectivity index (χ3n) is 2.89. The van der Waals surface area contributed by atoms with Crippen molar-refractivity contribution >= 4 is 5.91 Å². The van der Waals surface area contributed by atoms with Gasteiger partial charge in [0.1, 0.15) is 0 Å². The maximum atomic E-state index is 12.2. The monoisotopic (exact) mass is 250 g/mol. The zero-order chi connectivity index (χ0) is 13.4. The van der Waals surface area contributed by atoms with Gasteiger partial charge in [-0.05, 0) is 44.0 Å². The summed E-state index contributed by atoms with van der Waals surface area (Å²) in [6.45, 7) is 3.92. The molecule has 1 aromatic rings. The van der Waals surface area contributed by atoms with Gasteiger partial charge < -0.3 is 15.7 Å². The molecule has 4 heteroatoms. The van der Waals surface area contributed by atoms with E-state index in [1.807, 2.05) is 31.2 Å². The quantitative estimate of drug-likeness (QED) is 0.759. The Hall–Kier alpha value is -1.39. The molecule has 0 aliphatic carbocycles. The van der Waals surface area contributed by atoms with Gasteiger partial charge in [-0.1, -0.05) is 12.1 Å². The smallest absolute Gasteiger partial charge is 0.253 e. The highest BCUT2D eigenvalue weighted by Crippen LogP contribution is 2.08. The first-order chi connectivity index (χ1) is 8.72. The van der Waals surface area contributed by atoms with Gasteiger partial charge in [0.05, 0.1) is 0 Å². The Bertz CT molecular complexity index is 363. The molecule has 18 heavy (non-hydrogen) atoms. The molecule has 0 saturated carbocycles. The third-order valence-corrected chi connectivity index (χ3v) is 2.89. The summed E-state index contributed by atoms with van der Waals surface area (Å²) < 4.78 is 0. The van der Waals surface area contributed by atoms with Gasteiger partial charge in [-0.15, -0.1) is 0 Å². The fourth-order valence-corrected chi connectivity index (χ4v) is 1.83. The Morgan fingerprint density at radius 3 is 2.50 bits per heavy atom. The fourth-order valence-electron chi connectivity index (χ4n) is 1.83. The van der Waals surface area contributed by atoms with Crippen molar-refractivity contribution in [1.29, 1.82) is 0 Å². The molecule has 0 spiro atoms. The van der Waals surface area contributed by atoms with Crippen LogP contribution in [-0.2, 0) is 6.42 Å². The molecule has 0 unspecified atom stereocenters. The van der Waals surface area contributed by atoms with E-state index in [1.165, 1.54) is 0 Å². The third kappa shape index (κ3) is 4.13. The van der Waals surface area contributed by atoms with Crippen LogP contribution in [0.2, 0.25) is 0 Å². The van der Waals surface area contributed by atoms with Gasteiger partial charge in [0.15, 0.2) is 0 Å². The number of hydrogen-bond donors (Lipinski definition) is 2. The standard InChI is InChI=1S/C14H22N2O2/c1-2-16(10-3-11-17)14(18)13-6-4-12(5-7-13)8-9-15/h4-7,17H,2-3,8-11,15H2,1H3. The van der Waals surface area contributed by atoms with Crippen LogP contribution in [0.15, 0.2) is 24.3 Å². The van der Waals surface area contributed by atoms with Gasteiger partial charge in [0.2, 0.25) is 0 Å². The molecule has 4 nitrogen and oxygen atoms in total. The summed E-state index contributed by atoms with van der Waals surface area (Å²) in [4.78, 5) is 13.9. The second kappa shape index (κ2) is 7.84. The van der Waals surface area contributed by atoms with Crippen molar-refractivity contribution in [1.82, 2.24) is 4.90 Å². The summed E-state index contributed by atoms with van der Waals surface area (Å²) in [6, 6.07) is 7.57. The fraction of sp³-hybridized carbons (Fsp3) is 0.500. The van der Waals surface area contributed by atoms with Crippen molar-refractivity contribution in [3.05, 3.63) is 35.4 Å². The molecular weight excluding hydrogens is 228 g/mol. The molecule has 3 N–H and O–H groups in total. The molecule has 0 aliphatic rings. The predicted molar refractivity (Wildman–Crippen MR) is 72.5 cm³/mol. The zero-order valence-electron chi connectivity index (χ0n) is 10.9. The van der Waals surface area contributed by atoms with Crippen LogP contribution in [0.3, 0.4) is 0 Å². The lowest BCUT2D eigenvalue weighted by Crippen LogP contribution is -2.32. The molecule has 0 aliphatic heterocycles. The van der Waals surface area contributed by atoms with E-state index in [0.717, 1.165) is 12.0 Å². The van der Waals surface area contributed by atoms with Crippen molar-refractivity contribution in [2.45, 2.75) is 19.8 Å². The van der Waals surface area contributed by atoms with E-state index in [4.69, 9.17) is 10.8 Å². The van der Waals surface area contributed by atoms with Crippen molar-refractivity contribution in [2.75, 3.05) is 26.2 Å². The van der Waals surface area contributed by atoms with Crippen LogP contribution in [0, 0.1) is 0 Å². The van der Waals surface area contributed by atoms with Crippen molar-refractivity contribution in [3.8, 4) is 0 Å². The first-order valence-electron chi connectivity index (χ1n) is 6.42. The molecule has 0 aromatic heterocycles. The average Bonchev–Trinajstić information content (AvgIpc) is 2.40. The van der Waals surface area contributed by atoms with Crippen molar-refractivity contribution < 1.29 is 9.90 Å². The Morgan fingerprint density at radius 1 is 1.33 bits per heavy atom. The molecule has 0 heterocycles. The number of hydrogen-bond acceptors (Lipinski definition) is 3. The van der Waals surface area contributed by atoms with Crippen LogP contribution < -0.4 is 5.73 Å². The van der Waals surface area contributed by atoms with Crippen LogP contribution in [0.5, 0.6) is 0 Å². The van der Waals surface area contributed by atoms with Gasteiger partial charge in [-0.3, -0.25) is 4.79 Å². The van der Waals surface area contributed by atoms with Gasteiger partial charge in [-0.25, -0.2) is 0 Å². The summed E-state index contributed by atoms with van der Waals surface area (Å²) in [5.41, 5.74) is 7.32. The van der Waals surface area contributed by atoms with E-state index < -0.39 is 0 Å². The number of carbonyl (C=O) groups is 1.